The Kier molecular flexibility index (Phi) is 2.90. The molecule has 10 N–H and O–H groups in total. The molecule has 0 saturated heterocycles. The normalized spacial score (nSPS) is 17.8. The van der Waals surface area contributed by atoms with Gasteiger partial charge in [0.05, 0.1) is 0 Å². The van der Waals surface area contributed by atoms with E-state index in [4.69, 9.17) is 17.2 Å². The number of aromatic nitrogens is 6. The fourth-order valence-electron chi connectivity index (χ4n) is 3.32. The monoisotopic (exact) mass is 361 g/mol. The van der Waals surface area contributed by atoms with Crippen molar-refractivity contribution in [2.45, 2.75) is 19.0 Å². The molecule has 1 unspecified atom stereocenters. The number of nitrogen functional groups attached to an aromatic ring is 2. The SMILES string of the molecule is NCCc1nc2c3c([nH]n2n1)NN1C(CCO)N(N3)c2c(N)c(N)nn21. The number of fused-ring (bicyclic) bond motifs is 8. The van der Waals surface area contributed by atoms with Crippen molar-refractivity contribution in [3.8, 4) is 0 Å². The number of anilines is 5. The summed E-state index contributed by atoms with van der Waals surface area (Å²) in [5.41, 5.74) is 25.8. The lowest BCUT2D eigenvalue weighted by Gasteiger charge is -2.28. The second-order valence-electron chi connectivity index (χ2n) is 6.11. The molecule has 138 valence electrons. The molecule has 2 aliphatic heterocycles. The summed E-state index contributed by atoms with van der Waals surface area (Å²) in [6, 6.07) is 0. The lowest BCUT2D eigenvalue weighted by molar-refractivity contribution is 0.271. The van der Waals surface area contributed by atoms with E-state index in [0.29, 0.717) is 53.9 Å². The van der Waals surface area contributed by atoms with Gasteiger partial charge in [0, 0.05) is 19.4 Å². The number of aromatic amines is 1. The van der Waals surface area contributed by atoms with Crippen molar-refractivity contribution >= 4 is 34.5 Å². The Morgan fingerprint density at radius 1 is 1.19 bits per heavy atom. The maximum Gasteiger partial charge on any atom is 0.203 e. The highest BCUT2D eigenvalue weighted by atomic mass is 16.3. The van der Waals surface area contributed by atoms with Crippen LogP contribution in [0.4, 0.5) is 28.8 Å². The predicted molar refractivity (Wildman–Crippen MR) is 94.6 cm³/mol. The molecule has 26 heavy (non-hydrogen) atoms. The number of H-pyrrole nitrogens is 1. The van der Waals surface area contributed by atoms with E-state index in [0.717, 1.165) is 0 Å². The van der Waals surface area contributed by atoms with Crippen LogP contribution in [0.25, 0.3) is 5.65 Å². The fourth-order valence-corrected chi connectivity index (χ4v) is 3.32. The van der Waals surface area contributed by atoms with Gasteiger partial charge in [0.2, 0.25) is 5.65 Å². The maximum absolute atomic E-state index is 9.48. The molecule has 3 aromatic heterocycles. The quantitative estimate of drug-likeness (QED) is 0.265. The molecule has 1 atom stereocenters. The summed E-state index contributed by atoms with van der Waals surface area (Å²) in [7, 11) is 0. The summed E-state index contributed by atoms with van der Waals surface area (Å²) in [5.74, 6) is 2.10. The van der Waals surface area contributed by atoms with Gasteiger partial charge in [-0.15, -0.1) is 19.6 Å². The van der Waals surface area contributed by atoms with Crippen molar-refractivity contribution < 1.29 is 5.11 Å². The third-order valence-corrected chi connectivity index (χ3v) is 4.48. The van der Waals surface area contributed by atoms with Gasteiger partial charge in [-0.2, -0.15) is 5.12 Å². The molecular weight excluding hydrogens is 342 g/mol. The van der Waals surface area contributed by atoms with E-state index in [1.807, 2.05) is 0 Å². The predicted octanol–water partition coefficient (Wildman–Crippen LogP) is -2.25. The van der Waals surface area contributed by atoms with Crippen LogP contribution in [0.1, 0.15) is 12.2 Å². The highest BCUT2D eigenvalue weighted by Crippen LogP contribution is 2.41. The van der Waals surface area contributed by atoms with E-state index in [1.54, 1.807) is 19.5 Å². The van der Waals surface area contributed by atoms with Gasteiger partial charge in [0.15, 0.2) is 29.4 Å². The van der Waals surface area contributed by atoms with Crippen molar-refractivity contribution in [2.75, 3.05) is 45.6 Å². The zero-order chi connectivity index (χ0) is 18.0. The van der Waals surface area contributed by atoms with Crippen LogP contribution in [-0.2, 0) is 6.42 Å². The van der Waals surface area contributed by atoms with Gasteiger partial charge in [-0.25, -0.2) is 9.99 Å². The number of nitrogens with zero attached hydrogens (tertiary/aromatic N) is 7. The molecule has 0 aliphatic carbocycles. The first kappa shape index (κ1) is 14.9. The van der Waals surface area contributed by atoms with E-state index < -0.39 is 0 Å². The lowest BCUT2D eigenvalue weighted by atomic mass is 10.3. The summed E-state index contributed by atoms with van der Waals surface area (Å²) in [6.45, 7) is 0.449. The van der Waals surface area contributed by atoms with E-state index >= 15 is 0 Å². The summed E-state index contributed by atoms with van der Waals surface area (Å²) in [6.07, 6.45) is 0.739. The summed E-state index contributed by atoms with van der Waals surface area (Å²) in [4.78, 5) is 6.09. The van der Waals surface area contributed by atoms with Crippen LogP contribution in [0.3, 0.4) is 0 Å². The van der Waals surface area contributed by atoms with Crippen LogP contribution < -0.4 is 38.2 Å². The van der Waals surface area contributed by atoms with Gasteiger partial charge in [-0.3, -0.25) is 16.0 Å². The van der Waals surface area contributed by atoms with Crippen LogP contribution in [0.2, 0.25) is 0 Å². The minimum atomic E-state index is -0.280. The van der Waals surface area contributed by atoms with Crippen molar-refractivity contribution in [2.24, 2.45) is 5.73 Å². The standard InChI is InChI=1S/C12H19N13O/c13-3-1-5-16-11-8-10(20-23(11)17-5)21-24-6(2-4-26)22(18-8)12-7(14)9(15)19-25(12)24/h6,18,20-21,26H,1-4,13-14H2,(H2,15,19). The molecule has 0 aromatic carbocycles. The topological polar surface area (TPSA) is 193 Å². The van der Waals surface area contributed by atoms with Gasteiger partial charge in [-0.1, -0.05) is 0 Å². The number of aliphatic hydroxyl groups excluding tert-OH is 1. The van der Waals surface area contributed by atoms with Crippen molar-refractivity contribution in [3.63, 3.8) is 0 Å². The molecule has 5 rings (SSSR count). The molecule has 14 nitrogen and oxygen atoms in total. The molecule has 2 bridgehead atoms. The summed E-state index contributed by atoms with van der Waals surface area (Å²) < 4.78 is 1.57. The van der Waals surface area contributed by atoms with Crippen molar-refractivity contribution in [1.29, 1.82) is 0 Å². The van der Waals surface area contributed by atoms with E-state index in [-0.39, 0.29) is 18.6 Å². The molecule has 0 radical (unpaired) electrons. The molecule has 0 spiro atoms. The largest absolute Gasteiger partial charge is 0.396 e. The molecule has 2 aliphatic rings. The van der Waals surface area contributed by atoms with Gasteiger partial charge in [0.1, 0.15) is 11.4 Å². The number of nitrogens with one attached hydrogen (secondary N) is 3. The Hall–Kier alpha value is -3.39. The van der Waals surface area contributed by atoms with Crippen LogP contribution in [0, 0.1) is 0 Å². The number of aliphatic hydroxyl groups is 1. The number of hydrazine groups is 2. The third-order valence-electron chi connectivity index (χ3n) is 4.48. The smallest absolute Gasteiger partial charge is 0.203 e. The number of hydrogen-bond acceptors (Lipinski definition) is 11. The number of rotatable bonds is 4. The molecule has 0 amide bonds. The molecule has 5 heterocycles. The zero-order valence-corrected chi connectivity index (χ0v) is 13.7. The molecule has 0 saturated carbocycles. The Labute approximate surface area is 146 Å². The average Bonchev–Trinajstić information content (AvgIpc) is 3.25. The van der Waals surface area contributed by atoms with E-state index in [2.05, 4.69) is 31.1 Å². The Morgan fingerprint density at radius 3 is 2.81 bits per heavy atom. The van der Waals surface area contributed by atoms with Gasteiger partial charge < -0.3 is 22.3 Å². The molecule has 0 fully saturated rings. The van der Waals surface area contributed by atoms with E-state index in [9.17, 15) is 5.11 Å². The zero-order valence-electron chi connectivity index (χ0n) is 13.7. The van der Waals surface area contributed by atoms with Crippen molar-refractivity contribution in [1.82, 2.24) is 29.7 Å². The van der Waals surface area contributed by atoms with Gasteiger partial charge >= 0.3 is 0 Å². The first-order chi connectivity index (χ1) is 12.6. The number of nitrogens with two attached hydrogens (primary N) is 3. The second-order valence-corrected chi connectivity index (χ2v) is 6.11. The molecule has 3 aromatic rings. The van der Waals surface area contributed by atoms with Crippen LogP contribution in [0.15, 0.2) is 0 Å². The Morgan fingerprint density at radius 2 is 2.04 bits per heavy atom. The molecular formula is C12H19N13O. The average molecular weight is 361 g/mol. The highest BCUT2D eigenvalue weighted by Gasteiger charge is 2.44. The third kappa shape index (κ3) is 1.79. The first-order valence-electron chi connectivity index (χ1n) is 8.17. The minimum absolute atomic E-state index is 0.0177. The van der Waals surface area contributed by atoms with Crippen LogP contribution in [-0.4, -0.2) is 54.1 Å². The molecule has 14 heteroatoms. The van der Waals surface area contributed by atoms with Crippen molar-refractivity contribution in [3.05, 3.63) is 5.82 Å². The van der Waals surface area contributed by atoms with Crippen LogP contribution in [0.5, 0.6) is 0 Å². The minimum Gasteiger partial charge on any atom is -0.396 e. The summed E-state index contributed by atoms with van der Waals surface area (Å²) >= 11 is 0. The maximum atomic E-state index is 9.48. The second kappa shape index (κ2) is 5.06. The first-order valence-corrected chi connectivity index (χ1v) is 8.17. The van der Waals surface area contributed by atoms with Gasteiger partial charge in [0.25, 0.3) is 0 Å². The van der Waals surface area contributed by atoms with Gasteiger partial charge in [-0.05, 0) is 6.54 Å². The highest BCUT2D eigenvalue weighted by molar-refractivity contribution is 5.87. The fraction of sp³-hybridized carbons (Fsp3) is 0.417. The summed E-state index contributed by atoms with van der Waals surface area (Å²) in [5, 5.41) is 24.8. The number of hydrogen-bond donors (Lipinski definition) is 7. The Bertz CT molecular complexity index is 985. The van der Waals surface area contributed by atoms with E-state index in [1.165, 1.54) is 0 Å². The Balaban J connectivity index is 1.63. The lowest BCUT2D eigenvalue weighted by Crippen LogP contribution is -2.50. The van der Waals surface area contributed by atoms with Crippen LogP contribution >= 0.6 is 0 Å².